The Hall–Kier alpha value is -2.16. The van der Waals surface area contributed by atoms with Gasteiger partial charge < -0.3 is 26.4 Å². The van der Waals surface area contributed by atoms with Gasteiger partial charge in [-0.05, 0) is 19.4 Å². The van der Waals surface area contributed by atoms with Gasteiger partial charge >= 0.3 is 5.97 Å². The van der Waals surface area contributed by atoms with Gasteiger partial charge in [0.1, 0.15) is 6.54 Å². The van der Waals surface area contributed by atoms with E-state index in [1.54, 1.807) is 0 Å². The van der Waals surface area contributed by atoms with Crippen LogP contribution in [0.4, 0.5) is 0 Å². The van der Waals surface area contributed by atoms with Crippen molar-refractivity contribution in [3.63, 3.8) is 0 Å². The molecule has 0 radical (unpaired) electrons. The van der Waals surface area contributed by atoms with Crippen LogP contribution in [0.2, 0.25) is 0 Å². The summed E-state index contributed by atoms with van der Waals surface area (Å²) in [6.07, 6.45) is 1.67. The smallest absolute Gasteiger partial charge is 0.322 e. The highest BCUT2D eigenvalue weighted by Crippen LogP contribution is 2.03. The van der Waals surface area contributed by atoms with Gasteiger partial charge in [-0.25, -0.2) is 0 Å². The molecule has 0 spiro atoms. The fourth-order valence-electron chi connectivity index (χ4n) is 1.68. The van der Waals surface area contributed by atoms with Crippen LogP contribution in [0.3, 0.4) is 0 Å². The minimum Gasteiger partial charge on any atom is -0.480 e. The van der Waals surface area contributed by atoms with Crippen molar-refractivity contribution in [3.05, 3.63) is 0 Å². The first-order valence-corrected chi connectivity index (χ1v) is 6.25. The number of carboxylic acids is 1. The molecule has 9 nitrogen and oxygen atoms in total. The largest absolute Gasteiger partial charge is 0.480 e. The Morgan fingerprint density at radius 2 is 1.60 bits per heavy atom. The Bertz CT molecular complexity index is 392. The van der Waals surface area contributed by atoms with Gasteiger partial charge in [0.25, 0.3) is 0 Å². The predicted octanol–water partition coefficient (Wildman–Crippen LogP) is -2.83. The van der Waals surface area contributed by atoms with E-state index in [1.165, 1.54) is 0 Å². The SMILES string of the molecule is O=C(O)CNC(=O)CNC(=O)CNC(=O)[C@H]1CCCN1. The summed E-state index contributed by atoms with van der Waals surface area (Å²) in [6, 6.07) is -0.262. The van der Waals surface area contributed by atoms with Crippen LogP contribution in [0, 0.1) is 0 Å². The van der Waals surface area contributed by atoms with Crippen LogP contribution in [0.1, 0.15) is 12.8 Å². The first-order valence-electron chi connectivity index (χ1n) is 6.25. The Labute approximate surface area is 115 Å². The first kappa shape index (κ1) is 15.9. The number of hydrogen-bond donors (Lipinski definition) is 5. The predicted molar refractivity (Wildman–Crippen MR) is 67.7 cm³/mol. The van der Waals surface area contributed by atoms with E-state index in [4.69, 9.17) is 5.11 Å². The summed E-state index contributed by atoms with van der Waals surface area (Å²) in [4.78, 5) is 44.2. The number of amides is 3. The minimum atomic E-state index is -1.17. The van der Waals surface area contributed by atoms with E-state index in [1.807, 2.05) is 0 Å². The molecule has 1 saturated heterocycles. The van der Waals surface area contributed by atoms with E-state index >= 15 is 0 Å². The number of hydrogen-bond acceptors (Lipinski definition) is 5. The maximum Gasteiger partial charge on any atom is 0.322 e. The lowest BCUT2D eigenvalue weighted by Gasteiger charge is -2.11. The zero-order valence-corrected chi connectivity index (χ0v) is 10.9. The molecule has 1 fully saturated rings. The van der Waals surface area contributed by atoms with Crippen LogP contribution in [-0.2, 0) is 19.2 Å². The fraction of sp³-hybridized carbons (Fsp3) is 0.636. The van der Waals surface area contributed by atoms with Crippen LogP contribution in [0.5, 0.6) is 0 Å². The van der Waals surface area contributed by atoms with Gasteiger partial charge in [-0.1, -0.05) is 0 Å². The number of aliphatic carboxylic acids is 1. The molecule has 1 aliphatic heterocycles. The minimum absolute atomic E-state index is 0.219. The van der Waals surface area contributed by atoms with Crippen molar-refractivity contribution in [2.75, 3.05) is 26.2 Å². The highest BCUT2D eigenvalue weighted by Gasteiger charge is 2.21. The van der Waals surface area contributed by atoms with Crippen molar-refractivity contribution >= 4 is 23.7 Å². The number of rotatable bonds is 7. The molecule has 5 N–H and O–H groups in total. The Morgan fingerprint density at radius 1 is 1.00 bits per heavy atom. The second-order valence-corrected chi connectivity index (χ2v) is 4.31. The van der Waals surface area contributed by atoms with E-state index < -0.39 is 24.3 Å². The molecule has 112 valence electrons. The Kier molecular flexibility index (Phi) is 6.44. The standard InChI is InChI=1S/C11H18N4O5/c16-8(14-6-10(18)19)4-13-9(17)5-15-11(20)7-2-1-3-12-7/h7,12H,1-6H2,(H,13,17)(H,14,16)(H,15,20)(H,18,19)/t7-/m1/s1. The molecule has 3 amide bonds. The van der Waals surface area contributed by atoms with Crippen molar-refractivity contribution in [2.24, 2.45) is 0 Å². The Balaban J connectivity index is 2.12. The molecule has 1 atom stereocenters. The summed E-state index contributed by atoms with van der Waals surface area (Å²) in [5.41, 5.74) is 0. The molecule has 9 heteroatoms. The normalized spacial score (nSPS) is 17.3. The van der Waals surface area contributed by atoms with Crippen molar-refractivity contribution in [2.45, 2.75) is 18.9 Å². The summed E-state index contributed by atoms with van der Waals surface area (Å²) in [5.74, 6) is -2.53. The first-order chi connectivity index (χ1) is 9.49. The maximum absolute atomic E-state index is 11.6. The topological polar surface area (TPSA) is 137 Å². The summed E-state index contributed by atoms with van der Waals surface area (Å²) in [6.45, 7) is -0.264. The molecule has 20 heavy (non-hydrogen) atoms. The zero-order chi connectivity index (χ0) is 15.0. The number of carboxylic acid groups (broad SMARTS) is 1. The van der Waals surface area contributed by atoms with Crippen LogP contribution in [0.25, 0.3) is 0 Å². The van der Waals surface area contributed by atoms with Crippen molar-refractivity contribution in [3.8, 4) is 0 Å². The summed E-state index contributed by atoms with van der Waals surface area (Å²) >= 11 is 0. The number of carbonyl (C=O) groups excluding carboxylic acids is 3. The Morgan fingerprint density at radius 3 is 2.15 bits per heavy atom. The van der Waals surface area contributed by atoms with Crippen molar-refractivity contribution in [1.29, 1.82) is 0 Å². The van der Waals surface area contributed by atoms with E-state index in [0.29, 0.717) is 0 Å². The van der Waals surface area contributed by atoms with Gasteiger partial charge in [0.15, 0.2) is 0 Å². The van der Waals surface area contributed by atoms with E-state index in [2.05, 4.69) is 21.3 Å². The molecular weight excluding hydrogens is 268 g/mol. The van der Waals surface area contributed by atoms with Crippen LogP contribution >= 0.6 is 0 Å². The summed E-state index contributed by atoms with van der Waals surface area (Å²) in [5, 5.41) is 18.2. The van der Waals surface area contributed by atoms with Crippen molar-refractivity contribution < 1.29 is 24.3 Å². The number of carbonyl (C=O) groups is 4. The quantitative estimate of drug-likeness (QED) is 0.342. The highest BCUT2D eigenvalue weighted by molar-refractivity contribution is 5.90. The lowest BCUT2D eigenvalue weighted by atomic mass is 10.2. The molecule has 0 bridgehead atoms. The van der Waals surface area contributed by atoms with Crippen LogP contribution < -0.4 is 21.3 Å². The van der Waals surface area contributed by atoms with Gasteiger partial charge in [-0.3, -0.25) is 19.2 Å². The number of nitrogens with one attached hydrogen (secondary N) is 4. The zero-order valence-electron chi connectivity index (χ0n) is 10.9. The molecule has 0 saturated carbocycles. The molecule has 0 aromatic rings. The lowest BCUT2D eigenvalue weighted by molar-refractivity contribution is -0.137. The third-order valence-corrected chi connectivity index (χ3v) is 2.68. The molecular formula is C11H18N4O5. The van der Waals surface area contributed by atoms with Crippen LogP contribution in [-0.4, -0.2) is 61.0 Å². The van der Waals surface area contributed by atoms with Crippen LogP contribution in [0.15, 0.2) is 0 Å². The molecule has 0 aromatic carbocycles. The van der Waals surface area contributed by atoms with Gasteiger partial charge in [0.05, 0.1) is 19.1 Å². The van der Waals surface area contributed by atoms with Gasteiger partial charge in [-0.2, -0.15) is 0 Å². The molecule has 0 aliphatic carbocycles. The highest BCUT2D eigenvalue weighted by atomic mass is 16.4. The average Bonchev–Trinajstić information content (AvgIpc) is 2.94. The molecule has 1 rings (SSSR count). The molecule has 0 unspecified atom stereocenters. The summed E-state index contributed by atoms with van der Waals surface area (Å²) < 4.78 is 0. The van der Waals surface area contributed by atoms with Gasteiger partial charge in [0, 0.05) is 0 Å². The maximum atomic E-state index is 11.6. The fourth-order valence-corrected chi connectivity index (χ4v) is 1.68. The third-order valence-electron chi connectivity index (χ3n) is 2.68. The summed E-state index contributed by atoms with van der Waals surface area (Å²) in [7, 11) is 0. The monoisotopic (exact) mass is 286 g/mol. The van der Waals surface area contributed by atoms with Gasteiger partial charge in [-0.15, -0.1) is 0 Å². The second-order valence-electron chi connectivity index (χ2n) is 4.31. The third kappa shape index (κ3) is 6.14. The molecule has 0 aromatic heterocycles. The van der Waals surface area contributed by atoms with E-state index in [-0.39, 0.29) is 25.0 Å². The average molecular weight is 286 g/mol. The molecule has 1 aliphatic rings. The van der Waals surface area contributed by atoms with E-state index in [9.17, 15) is 19.2 Å². The van der Waals surface area contributed by atoms with E-state index in [0.717, 1.165) is 19.4 Å². The lowest BCUT2D eigenvalue weighted by Crippen LogP contribution is -2.46. The van der Waals surface area contributed by atoms with Gasteiger partial charge in [0.2, 0.25) is 17.7 Å². The van der Waals surface area contributed by atoms with Crippen molar-refractivity contribution in [1.82, 2.24) is 21.3 Å². The molecule has 1 heterocycles. The second kappa shape index (κ2) is 8.10.